The number of hydrogen-bond donors (Lipinski definition) is 2. The summed E-state index contributed by atoms with van der Waals surface area (Å²) in [5.41, 5.74) is 6.29. The van der Waals surface area contributed by atoms with Gasteiger partial charge in [0.15, 0.2) is 0 Å². The number of aromatic nitrogens is 2. The number of hydrogen-bond acceptors (Lipinski definition) is 7. The molecule has 2 N–H and O–H groups in total. The Morgan fingerprint density at radius 2 is 1.82 bits per heavy atom. The average molecular weight is 380 g/mol. The summed E-state index contributed by atoms with van der Waals surface area (Å²) < 4.78 is 0. The van der Waals surface area contributed by atoms with Crippen molar-refractivity contribution in [2.45, 2.75) is 33.2 Å². The fraction of sp³-hybridized carbons (Fsp3) is 0.300. The molecule has 0 unspecified atom stereocenters. The molecule has 0 amide bonds. The van der Waals surface area contributed by atoms with Gasteiger partial charge in [-0.2, -0.15) is 0 Å². The molecule has 0 saturated carbocycles. The molecule has 1 heterocycles. The van der Waals surface area contributed by atoms with Gasteiger partial charge >= 0.3 is 5.69 Å². The van der Waals surface area contributed by atoms with Crippen molar-refractivity contribution in [3.63, 3.8) is 0 Å². The molecule has 0 saturated heterocycles. The monoisotopic (exact) mass is 380 g/mol. The highest BCUT2D eigenvalue weighted by Crippen LogP contribution is 2.38. The topological polar surface area (TPSA) is 96.2 Å². The van der Waals surface area contributed by atoms with E-state index in [1.54, 1.807) is 0 Å². The van der Waals surface area contributed by atoms with Gasteiger partial charge in [-0.3, -0.25) is 15.5 Å². The SMILES string of the molecule is CCN(c1ncnc(NNC(C)(C)C)c1[N+](=O)[O-])c1cccc2ccccc12. The average Bonchev–Trinajstić information content (AvgIpc) is 2.66. The first-order chi connectivity index (χ1) is 13.3. The van der Waals surface area contributed by atoms with E-state index in [0.29, 0.717) is 6.54 Å². The van der Waals surface area contributed by atoms with E-state index in [1.807, 2.05) is 75.1 Å². The van der Waals surface area contributed by atoms with Crippen LogP contribution in [0.15, 0.2) is 48.8 Å². The maximum absolute atomic E-state index is 11.9. The molecule has 3 aromatic rings. The second-order valence-corrected chi connectivity index (χ2v) is 7.39. The zero-order chi connectivity index (χ0) is 20.3. The van der Waals surface area contributed by atoms with Crippen molar-refractivity contribution < 1.29 is 4.92 Å². The highest BCUT2D eigenvalue weighted by atomic mass is 16.6. The van der Waals surface area contributed by atoms with Crippen LogP contribution >= 0.6 is 0 Å². The highest BCUT2D eigenvalue weighted by molar-refractivity contribution is 5.96. The van der Waals surface area contributed by atoms with Gasteiger partial charge in [0.25, 0.3) is 0 Å². The first-order valence-corrected chi connectivity index (χ1v) is 9.09. The van der Waals surface area contributed by atoms with Crippen LogP contribution in [0.3, 0.4) is 0 Å². The Morgan fingerprint density at radius 1 is 1.11 bits per heavy atom. The molecule has 0 spiro atoms. The lowest BCUT2D eigenvalue weighted by atomic mass is 10.1. The number of nitro groups is 1. The van der Waals surface area contributed by atoms with E-state index < -0.39 is 4.92 Å². The summed E-state index contributed by atoms with van der Waals surface area (Å²) in [6.07, 6.45) is 1.34. The number of hydrazine groups is 1. The summed E-state index contributed by atoms with van der Waals surface area (Å²) in [6, 6.07) is 13.8. The van der Waals surface area contributed by atoms with Crippen LogP contribution in [0.25, 0.3) is 10.8 Å². The summed E-state index contributed by atoms with van der Waals surface area (Å²) in [5.74, 6) is 0.376. The zero-order valence-electron chi connectivity index (χ0n) is 16.4. The zero-order valence-corrected chi connectivity index (χ0v) is 16.4. The van der Waals surface area contributed by atoms with Crippen molar-refractivity contribution in [1.82, 2.24) is 15.4 Å². The number of benzene rings is 2. The predicted octanol–water partition coefficient (Wildman–Crippen LogP) is 4.41. The van der Waals surface area contributed by atoms with Gasteiger partial charge in [-0.15, -0.1) is 0 Å². The molecule has 0 radical (unpaired) electrons. The lowest BCUT2D eigenvalue weighted by Gasteiger charge is -2.25. The Morgan fingerprint density at radius 3 is 2.50 bits per heavy atom. The number of anilines is 3. The number of nitrogens with one attached hydrogen (secondary N) is 2. The van der Waals surface area contributed by atoms with Crippen molar-refractivity contribution in [2.24, 2.45) is 0 Å². The van der Waals surface area contributed by atoms with Gasteiger partial charge in [-0.1, -0.05) is 36.4 Å². The standard InChI is InChI=1S/C20H24N6O2/c1-5-25(16-12-8-10-14-9-6-7-11-15(14)16)19-17(26(27)28)18(21-13-22-19)23-24-20(2,3)4/h6-13,24H,5H2,1-4H3,(H,21,22,23). The number of rotatable bonds is 6. The highest BCUT2D eigenvalue weighted by Gasteiger charge is 2.28. The maximum Gasteiger partial charge on any atom is 0.355 e. The van der Waals surface area contributed by atoms with E-state index in [0.717, 1.165) is 16.5 Å². The molecule has 0 aliphatic carbocycles. The minimum absolute atomic E-state index is 0.128. The lowest BCUT2D eigenvalue weighted by molar-refractivity contribution is -0.383. The van der Waals surface area contributed by atoms with Crippen LogP contribution in [0.5, 0.6) is 0 Å². The van der Waals surface area contributed by atoms with Crippen molar-refractivity contribution >= 4 is 33.8 Å². The van der Waals surface area contributed by atoms with Crippen LogP contribution in [0, 0.1) is 10.1 Å². The van der Waals surface area contributed by atoms with Crippen LogP contribution in [0.4, 0.5) is 23.0 Å². The van der Waals surface area contributed by atoms with Gasteiger partial charge in [0.1, 0.15) is 6.33 Å². The Hall–Kier alpha value is -3.26. The van der Waals surface area contributed by atoms with Crippen molar-refractivity contribution in [3.8, 4) is 0 Å². The van der Waals surface area contributed by atoms with Gasteiger partial charge in [-0.05, 0) is 39.1 Å². The van der Waals surface area contributed by atoms with E-state index in [9.17, 15) is 10.1 Å². The normalized spacial score (nSPS) is 11.4. The van der Waals surface area contributed by atoms with E-state index in [2.05, 4.69) is 20.8 Å². The quantitative estimate of drug-likeness (QED) is 0.483. The third-order valence-corrected chi connectivity index (χ3v) is 4.17. The van der Waals surface area contributed by atoms with E-state index in [4.69, 9.17) is 0 Å². The van der Waals surface area contributed by atoms with Crippen molar-refractivity contribution in [2.75, 3.05) is 16.9 Å². The molecular weight excluding hydrogens is 356 g/mol. The molecule has 28 heavy (non-hydrogen) atoms. The first-order valence-electron chi connectivity index (χ1n) is 9.09. The van der Waals surface area contributed by atoms with E-state index in [1.165, 1.54) is 6.33 Å². The maximum atomic E-state index is 11.9. The Kier molecular flexibility index (Phi) is 5.41. The predicted molar refractivity (Wildman–Crippen MR) is 112 cm³/mol. The first kappa shape index (κ1) is 19.5. The van der Waals surface area contributed by atoms with Gasteiger partial charge in [0.2, 0.25) is 11.6 Å². The molecule has 0 bridgehead atoms. The summed E-state index contributed by atoms with van der Waals surface area (Å²) >= 11 is 0. The van der Waals surface area contributed by atoms with Gasteiger partial charge in [0, 0.05) is 17.5 Å². The second-order valence-electron chi connectivity index (χ2n) is 7.39. The number of nitrogens with zero attached hydrogens (tertiary/aromatic N) is 4. The van der Waals surface area contributed by atoms with E-state index >= 15 is 0 Å². The molecule has 8 nitrogen and oxygen atoms in total. The Labute approximate surface area is 163 Å². The molecule has 0 aliphatic rings. The molecule has 8 heteroatoms. The van der Waals surface area contributed by atoms with Crippen molar-refractivity contribution in [3.05, 3.63) is 58.9 Å². The fourth-order valence-corrected chi connectivity index (χ4v) is 2.95. The Bertz CT molecular complexity index is 994. The minimum Gasteiger partial charge on any atom is -0.320 e. The van der Waals surface area contributed by atoms with Crippen LogP contribution in [-0.4, -0.2) is 27.0 Å². The molecule has 1 aromatic heterocycles. The van der Waals surface area contributed by atoms with Crippen LogP contribution in [0.2, 0.25) is 0 Å². The molecule has 146 valence electrons. The molecule has 0 fully saturated rings. The van der Waals surface area contributed by atoms with Crippen molar-refractivity contribution in [1.29, 1.82) is 0 Å². The van der Waals surface area contributed by atoms with Crippen LogP contribution < -0.4 is 15.8 Å². The third kappa shape index (κ3) is 4.01. The summed E-state index contributed by atoms with van der Waals surface area (Å²) in [6.45, 7) is 8.29. The van der Waals surface area contributed by atoms with Gasteiger partial charge < -0.3 is 4.90 Å². The lowest BCUT2D eigenvalue weighted by Crippen LogP contribution is -2.40. The summed E-state index contributed by atoms with van der Waals surface area (Å²) in [5, 5.41) is 14.0. The molecule has 0 aliphatic heterocycles. The van der Waals surface area contributed by atoms with Crippen LogP contribution in [-0.2, 0) is 0 Å². The third-order valence-electron chi connectivity index (χ3n) is 4.17. The minimum atomic E-state index is -0.449. The second kappa shape index (κ2) is 7.77. The smallest absolute Gasteiger partial charge is 0.320 e. The Balaban J connectivity index is 2.13. The van der Waals surface area contributed by atoms with Crippen LogP contribution in [0.1, 0.15) is 27.7 Å². The molecule has 0 atom stereocenters. The largest absolute Gasteiger partial charge is 0.355 e. The van der Waals surface area contributed by atoms with Gasteiger partial charge in [0.05, 0.1) is 10.6 Å². The number of fused-ring (bicyclic) bond motifs is 1. The molecule has 2 aromatic carbocycles. The fourth-order valence-electron chi connectivity index (χ4n) is 2.95. The molecular formula is C20H24N6O2. The molecule has 3 rings (SSSR count). The summed E-state index contributed by atoms with van der Waals surface area (Å²) in [7, 11) is 0. The summed E-state index contributed by atoms with van der Waals surface area (Å²) in [4.78, 5) is 21.7. The van der Waals surface area contributed by atoms with Gasteiger partial charge in [-0.25, -0.2) is 15.4 Å². The van der Waals surface area contributed by atoms with E-state index in [-0.39, 0.29) is 22.9 Å².